The predicted molar refractivity (Wildman–Crippen MR) is 126 cm³/mol. The molecule has 29 heavy (non-hydrogen) atoms. The van der Waals surface area contributed by atoms with Gasteiger partial charge in [0, 0.05) is 41.5 Å². The summed E-state index contributed by atoms with van der Waals surface area (Å²) in [6, 6.07) is 0. The van der Waals surface area contributed by atoms with Crippen molar-refractivity contribution in [2.24, 2.45) is 5.92 Å². The zero-order chi connectivity index (χ0) is 21.0. The Morgan fingerprint density at radius 1 is 1.31 bits per heavy atom. The lowest BCUT2D eigenvalue weighted by molar-refractivity contribution is 0.264. The molecule has 1 atom stereocenters. The first kappa shape index (κ1) is 21.5. The Morgan fingerprint density at radius 3 is 2.66 bits per heavy atom. The maximum absolute atomic E-state index is 4.67. The van der Waals surface area contributed by atoms with Crippen LogP contribution in [0.1, 0.15) is 43.8 Å². The predicted octanol–water partition coefficient (Wildman–Crippen LogP) is 6.32. The Morgan fingerprint density at radius 2 is 2.07 bits per heavy atom. The Balaban J connectivity index is 1.83. The molecular weight excluding hydrogens is 374 g/mol. The van der Waals surface area contributed by atoms with Crippen LogP contribution in [0.15, 0.2) is 71.6 Å². The molecule has 1 saturated heterocycles. The topological polar surface area (TPSA) is 19.4 Å². The Kier molecular flexibility index (Phi) is 7.09. The molecule has 0 aromatic carbocycles. The molecule has 0 N–H and O–H groups in total. The summed E-state index contributed by atoms with van der Waals surface area (Å²) in [5, 5.41) is 3.32. The average molecular weight is 408 g/mol. The average Bonchev–Trinajstić information content (AvgIpc) is 3.13. The van der Waals surface area contributed by atoms with Crippen molar-refractivity contribution in [1.29, 1.82) is 0 Å². The van der Waals surface area contributed by atoms with E-state index >= 15 is 0 Å². The molecular formula is C25H33N3S. The lowest BCUT2D eigenvalue weighted by Crippen LogP contribution is -2.41. The number of hydrogen-bond acceptors (Lipinski definition) is 4. The summed E-state index contributed by atoms with van der Waals surface area (Å²) in [5.41, 5.74) is 7.58. The molecule has 2 aliphatic rings. The van der Waals surface area contributed by atoms with Crippen molar-refractivity contribution in [3.05, 3.63) is 82.3 Å². The molecule has 0 saturated carbocycles. The molecule has 3 rings (SSSR count). The van der Waals surface area contributed by atoms with E-state index in [0.29, 0.717) is 5.92 Å². The molecule has 0 radical (unpaired) electrons. The second-order valence-corrected chi connectivity index (χ2v) is 9.08. The largest absolute Gasteiger partial charge is 0.320 e. The third kappa shape index (κ3) is 5.06. The number of thiazole rings is 1. The fourth-order valence-electron chi connectivity index (χ4n) is 4.19. The molecule has 1 unspecified atom stereocenters. The van der Waals surface area contributed by atoms with Gasteiger partial charge in [0.25, 0.3) is 0 Å². The summed E-state index contributed by atoms with van der Waals surface area (Å²) in [6.07, 6.45) is 14.0. The second-order valence-electron chi connectivity index (χ2n) is 8.01. The van der Waals surface area contributed by atoms with E-state index in [1.807, 2.05) is 6.08 Å². The van der Waals surface area contributed by atoms with Gasteiger partial charge in [-0.2, -0.15) is 0 Å². The highest BCUT2D eigenvalue weighted by molar-refractivity contribution is 7.09. The van der Waals surface area contributed by atoms with Gasteiger partial charge in [-0.25, -0.2) is 4.98 Å². The highest BCUT2D eigenvalue weighted by Gasteiger charge is 2.29. The van der Waals surface area contributed by atoms with E-state index in [4.69, 9.17) is 0 Å². The number of piperazine rings is 1. The molecule has 0 spiro atoms. The minimum absolute atomic E-state index is 0.462. The number of nitrogens with zero attached hydrogens (tertiary/aromatic N) is 3. The Labute approximate surface area is 180 Å². The standard InChI is InChI=1S/C25H33N3S/c1-7-9-18(3)14-24-16-27(6)15-23(8-2)28(24)19(4)21-10-12-22(13-11-21)25-17-29-20(5)26-25/h7-9,12,14,17,21H,1,4,10-11,13,15-16H2,2-3,5-6H3/b18-9-,23-8-,24-14-. The van der Waals surface area contributed by atoms with Crippen molar-refractivity contribution < 1.29 is 0 Å². The number of aryl methyl sites for hydroxylation is 1. The Hall–Kier alpha value is -2.17. The van der Waals surface area contributed by atoms with Crippen molar-refractivity contribution in [2.45, 2.75) is 40.0 Å². The molecule has 1 aliphatic heterocycles. The van der Waals surface area contributed by atoms with E-state index in [-0.39, 0.29) is 0 Å². The number of likely N-dealkylation sites (N-methyl/N-ethyl adjacent to an activating group) is 1. The van der Waals surface area contributed by atoms with E-state index in [1.165, 1.54) is 28.2 Å². The van der Waals surface area contributed by atoms with Crippen LogP contribution in [0.3, 0.4) is 0 Å². The molecule has 1 aromatic heterocycles. The van der Waals surface area contributed by atoms with Crippen LogP contribution in [-0.4, -0.2) is 34.9 Å². The fraction of sp³-hybridized carbons (Fsp3) is 0.400. The van der Waals surface area contributed by atoms with Crippen LogP contribution < -0.4 is 0 Å². The molecule has 0 bridgehead atoms. The highest BCUT2D eigenvalue weighted by Crippen LogP contribution is 2.38. The van der Waals surface area contributed by atoms with Gasteiger partial charge in [-0.1, -0.05) is 37.5 Å². The number of rotatable bonds is 5. The number of hydrogen-bond donors (Lipinski definition) is 0. The van der Waals surface area contributed by atoms with Crippen molar-refractivity contribution in [3.8, 4) is 0 Å². The monoisotopic (exact) mass is 407 g/mol. The van der Waals surface area contributed by atoms with Crippen molar-refractivity contribution >= 4 is 16.9 Å². The van der Waals surface area contributed by atoms with Gasteiger partial charge in [0.15, 0.2) is 0 Å². The van der Waals surface area contributed by atoms with Gasteiger partial charge in [-0.15, -0.1) is 11.3 Å². The summed E-state index contributed by atoms with van der Waals surface area (Å²) < 4.78 is 0. The minimum atomic E-state index is 0.462. The first-order valence-electron chi connectivity index (χ1n) is 10.4. The first-order valence-corrected chi connectivity index (χ1v) is 11.2. The second kappa shape index (κ2) is 9.55. The zero-order valence-corrected chi connectivity index (χ0v) is 19.1. The molecule has 1 aromatic rings. The van der Waals surface area contributed by atoms with Crippen molar-refractivity contribution in [2.75, 3.05) is 20.1 Å². The van der Waals surface area contributed by atoms with Gasteiger partial charge in [0.05, 0.1) is 10.7 Å². The maximum Gasteiger partial charge on any atom is 0.0901 e. The molecule has 3 nitrogen and oxygen atoms in total. The zero-order valence-electron chi connectivity index (χ0n) is 18.2. The summed E-state index contributed by atoms with van der Waals surface area (Å²) in [6.45, 7) is 16.6. The molecule has 154 valence electrons. The number of allylic oxidation sites excluding steroid dienone is 8. The van der Waals surface area contributed by atoms with Gasteiger partial charge in [-0.3, -0.25) is 4.90 Å². The summed E-state index contributed by atoms with van der Waals surface area (Å²) >= 11 is 1.73. The van der Waals surface area contributed by atoms with Gasteiger partial charge >= 0.3 is 0 Å². The van der Waals surface area contributed by atoms with E-state index in [1.54, 1.807) is 11.3 Å². The van der Waals surface area contributed by atoms with E-state index in [0.717, 1.165) is 43.1 Å². The summed E-state index contributed by atoms with van der Waals surface area (Å²) in [7, 11) is 2.18. The fourth-order valence-corrected chi connectivity index (χ4v) is 4.83. The normalized spacial score (nSPS) is 24.1. The van der Waals surface area contributed by atoms with Crippen molar-refractivity contribution in [3.63, 3.8) is 0 Å². The number of aromatic nitrogens is 1. The SMILES string of the molecule is C=C/C=C(C)\C=C1\CN(C)C/C(=C/C)N1C(=C)C1CC=C(c2csc(C)n2)CC1. The van der Waals surface area contributed by atoms with Gasteiger partial charge in [0.1, 0.15) is 0 Å². The van der Waals surface area contributed by atoms with Crippen LogP contribution in [0.2, 0.25) is 0 Å². The minimum Gasteiger partial charge on any atom is -0.320 e. The van der Waals surface area contributed by atoms with Crippen LogP contribution in [0.4, 0.5) is 0 Å². The van der Waals surface area contributed by atoms with Crippen LogP contribution in [0.25, 0.3) is 5.57 Å². The molecule has 2 heterocycles. The molecule has 1 fully saturated rings. The van der Waals surface area contributed by atoms with E-state index < -0.39 is 0 Å². The van der Waals surface area contributed by atoms with Crippen LogP contribution in [-0.2, 0) is 0 Å². The van der Waals surface area contributed by atoms with Crippen molar-refractivity contribution in [1.82, 2.24) is 14.8 Å². The molecule has 0 amide bonds. The van der Waals surface area contributed by atoms with Gasteiger partial charge < -0.3 is 4.90 Å². The maximum atomic E-state index is 4.67. The summed E-state index contributed by atoms with van der Waals surface area (Å²) in [4.78, 5) is 9.44. The van der Waals surface area contributed by atoms with E-state index in [2.05, 4.69) is 85.4 Å². The smallest absolute Gasteiger partial charge is 0.0901 e. The van der Waals surface area contributed by atoms with E-state index in [9.17, 15) is 0 Å². The third-order valence-corrected chi connectivity index (χ3v) is 6.44. The molecule has 4 heteroatoms. The Bertz CT molecular complexity index is 897. The lowest BCUT2D eigenvalue weighted by atomic mass is 9.85. The highest BCUT2D eigenvalue weighted by atomic mass is 32.1. The van der Waals surface area contributed by atoms with Gasteiger partial charge in [-0.05, 0) is 64.3 Å². The lowest BCUT2D eigenvalue weighted by Gasteiger charge is -2.42. The first-order chi connectivity index (χ1) is 13.9. The molecule has 1 aliphatic carbocycles. The quantitative estimate of drug-likeness (QED) is 0.533. The third-order valence-electron chi connectivity index (χ3n) is 5.66. The van der Waals surface area contributed by atoms with Crippen LogP contribution >= 0.6 is 11.3 Å². The van der Waals surface area contributed by atoms with Crippen LogP contribution in [0.5, 0.6) is 0 Å². The van der Waals surface area contributed by atoms with Gasteiger partial charge in [0.2, 0.25) is 0 Å². The van der Waals surface area contributed by atoms with Crippen LogP contribution in [0, 0.1) is 12.8 Å². The summed E-state index contributed by atoms with van der Waals surface area (Å²) in [5.74, 6) is 0.462.